The molecule has 0 radical (unpaired) electrons. The van der Waals surface area contributed by atoms with Crippen LogP contribution in [0.5, 0.6) is 17.2 Å². The van der Waals surface area contributed by atoms with Crippen LogP contribution in [0.4, 0.5) is 11.4 Å². The normalized spacial score (nSPS) is 10.5. The number of rotatable bonds is 7. The van der Waals surface area contributed by atoms with Crippen molar-refractivity contribution in [2.24, 2.45) is 0 Å². The fraction of sp³-hybridized carbons (Fsp3) is 0.0833. The number of aryl methyl sites for hydroxylation is 1. The highest BCUT2D eigenvalue weighted by Crippen LogP contribution is 2.30. The van der Waals surface area contributed by atoms with Crippen molar-refractivity contribution < 1.29 is 19.2 Å². The molecule has 33 heavy (non-hydrogen) atoms. The van der Waals surface area contributed by atoms with E-state index in [1.165, 1.54) is 18.2 Å². The maximum Gasteiger partial charge on any atom is 0.275 e. The molecule has 0 saturated carbocycles. The van der Waals surface area contributed by atoms with Gasteiger partial charge in [0, 0.05) is 17.7 Å². The van der Waals surface area contributed by atoms with Gasteiger partial charge >= 0.3 is 0 Å². The first-order chi connectivity index (χ1) is 15.9. The van der Waals surface area contributed by atoms with Crippen molar-refractivity contribution in [3.8, 4) is 28.5 Å². The van der Waals surface area contributed by atoms with Crippen molar-refractivity contribution in [2.45, 2.75) is 6.92 Å². The van der Waals surface area contributed by atoms with Gasteiger partial charge in [0.25, 0.3) is 11.6 Å². The lowest BCUT2D eigenvalue weighted by atomic mass is 10.1. The van der Waals surface area contributed by atoms with E-state index >= 15 is 0 Å². The van der Waals surface area contributed by atoms with Gasteiger partial charge in [-0.05, 0) is 55.0 Å². The number of carbonyl (C=O) groups is 1. The third-order valence-corrected chi connectivity index (χ3v) is 4.79. The molecule has 0 aliphatic heterocycles. The van der Waals surface area contributed by atoms with E-state index in [1.54, 1.807) is 31.4 Å². The number of hydrogen-bond acceptors (Lipinski definition) is 6. The Hall–Kier alpha value is -4.66. The number of hydrogen-bond donors (Lipinski definition) is 2. The topological polar surface area (TPSA) is 119 Å². The molecule has 0 saturated heterocycles. The molecule has 0 bridgehead atoms. The summed E-state index contributed by atoms with van der Waals surface area (Å²) in [5, 5.41) is 20.9. The van der Waals surface area contributed by atoms with Gasteiger partial charge in [-0.15, -0.1) is 0 Å². The first kappa shape index (κ1) is 21.6. The highest BCUT2D eigenvalue weighted by Gasteiger charge is 2.16. The van der Waals surface area contributed by atoms with Crippen molar-refractivity contribution in [1.82, 2.24) is 10.2 Å². The monoisotopic (exact) mass is 444 g/mol. The molecule has 2 N–H and O–H groups in total. The van der Waals surface area contributed by atoms with Gasteiger partial charge in [-0.1, -0.05) is 12.1 Å². The molecule has 1 aromatic heterocycles. The van der Waals surface area contributed by atoms with Crippen LogP contribution in [0.1, 0.15) is 16.1 Å². The minimum absolute atomic E-state index is 0.202. The number of nitro benzene ring substituents is 1. The Labute approximate surface area is 189 Å². The van der Waals surface area contributed by atoms with Crippen molar-refractivity contribution in [3.63, 3.8) is 0 Å². The second-order valence-corrected chi connectivity index (χ2v) is 7.24. The van der Waals surface area contributed by atoms with Crippen LogP contribution in [-0.4, -0.2) is 28.1 Å². The number of nitrogens with one attached hydrogen (secondary N) is 2. The predicted molar refractivity (Wildman–Crippen MR) is 123 cm³/mol. The van der Waals surface area contributed by atoms with Crippen molar-refractivity contribution in [2.75, 3.05) is 12.4 Å². The van der Waals surface area contributed by atoms with Gasteiger partial charge in [-0.2, -0.15) is 5.10 Å². The molecule has 1 amide bonds. The van der Waals surface area contributed by atoms with Crippen molar-refractivity contribution in [1.29, 1.82) is 0 Å². The summed E-state index contributed by atoms with van der Waals surface area (Å²) in [4.78, 5) is 23.6. The van der Waals surface area contributed by atoms with E-state index in [0.717, 1.165) is 11.1 Å². The molecule has 0 atom stereocenters. The number of ether oxygens (including phenoxy) is 2. The summed E-state index contributed by atoms with van der Waals surface area (Å²) in [5.74, 6) is 0.977. The van der Waals surface area contributed by atoms with Crippen molar-refractivity contribution in [3.05, 3.63) is 94.2 Å². The standard InChI is InChI=1S/C24H20N4O5/c1-15-4-3-5-20(10-15)33-21-12-17(11-18(13-21)28(30)31)25-24(29)23-14-22(26-27-23)16-6-8-19(32-2)9-7-16/h3-14H,1-2H3,(H,25,29)(H,26,27). The largest absolute Gasteiger partial charge is 0.497 e. The summed E-state index contributed by atoms with van der Waals surface area (Å²) in [6.07, 6.45) is 0. The number of aromatic amines is 1. The molecule has 9 heteroatoms. The number of non-ortho nitro benzene ring substituents is 1. The number of amides is 1. The fourth-order valence-electron chi connectivity index (χ4n) is 3.18. The Balaban J connectivity index is 1.55. The number of nitro groups is 1. The van der Waals surface area contributed by atoms with E-state index in [0.29, 0.717) is 17.2 Å². The number of methoxy groups -OCH3 is 1. The molecule has 4 rings (SSSR count). The minimum Gasteiger partial charge on any atom is -0.497 e. The Kier molecular flexibility index (Phi) is 6.03. The average Bonchev–Trinajstić information content (AvgIpc) is 3.29. The van der Waals surface area contributed by atoms with Gasteiger partial charge < -0.3 is 14.8 Å². The van der Waals surface area contributed by atoms with E-state index in [1.807, 2.05) is 37.3 Å². The number of benzene rings is 3. The summed E-state index contributed by atoms with van der Waals surface area (Å²) < 4.78 is 10.9. The van der Waals surface area contributed by atoms with Crippen LogP contribution < -0.4 is 14.8 Å². The van der Waals surface area contributed by atoms with Crippen LogP contribution in [0.15, 0.2) is 72.8 Å². The third kappa shape index (κ3) is 5.16. The summed E-state index contributed by atoms with van der Waals surface area (Å²) in [5.41, 5.74) is 2.57. The quantitative estimate of drug-likeness (QED) is 0.293. The molecule has 0 unspecified atom stereocenters. The summed E-state index contributed by atoms with van der Waals surface area (Å²) in [6, 6.07) is 20.2. The molecule has 0 aliphatic rings. The van der Waals surface area contributed by atoms with Gasteiger partial charge in [-0.3, -0.25) is 20.0 Å². The maximum atomic E-state index is 12.7. The summed E-state index contributed by atoms with van der Waals surface area (Å²) in [6.45, 7) is 1.91. The Morgan fingerprint density at radius 2 is 1.79 bits per heavy atom. The number of aromatic nitrogens is 2. The summed E-state index contributed by atoms with van der Waals surface area (Å²) >= 11 is 0. The minimum atomic E-state index is -0.545. The lowest BCUT2D eigenvalue weighted by Crippen LogP contribution is -2.12. The van der Waals surface area contributed by atoms with Gasteiger partial charge in [0.1, 0.15) is 22.9 Å². The SMILES string of the molecule is COc1ccc(-c2cc(C(=O)Nc3cc(Oc4cccc(C)c4)cc([N+](=O)[O-])c3)[nH]n2)cc1. The number of carbonyl (C=O) groups excluding carboxylic acids is 1. The second-order valence-electron chi connectivity index (χ2n) is 7.24. The highest BCUT2D eigenvalue weighted by molar-refractivity contribution is 6.03. The molecule has 0 fully saturated rings. The number of anilines is 1. The zero-order valence-electron chi connectivity index (χ0n) is 17.9. The van der Waals surface area contributed by atoms with Gasteiger partial charge in [0.2, 0.25) is 0 Å². The number of nitrogens with zero attached hydrogens (tertiary/aromatic N) is 2. The predicted octanol–water partition coefficient (Wildman–Crippen LogP) is 5.35. The van der Waals surface area contributed by atoms with E-state index in [-0.39, 0.29) is 22.8 Å². The lowest BCUT2D eigenvalue weighted by Gasteiger charge is -2.09. The first-order valence-electron chi connectivity index (χ1n) is 9.96. The van der Waals surface area contributed by atoms with Crippen LogP contribution in [0, 0.1) is 17.0 Å². The summed E-state index contributed by atoms with van der Waals surface area (Å²) in [7, 11) is 1.58. The van der Waals surface area contributed by atoms with Crippen LogP contribution in [-0.2, 0) is 0 Å². The Bertz CT molecular complexity index is 1310. The van der Waals surface area contributed by atoms with E-state index in [9.17, 15) is 14.9 Å². The zero-order chi connectivity index (χ0) is 23.4. The van der Waals surface area contributed by atoms with Gasteiger partial charge in [0.05, 0.1) is 29.5 Å². The molecule has 166 valence electrons. The third-order valence-electron chi connectivity index (χ3n) is 4.79. The van der Waals surface area contributed by atoms with E-state index < -0.39 is 10.8 Å². The maximum absolute atomic E-state index is 12.7. The molecule has 4 aromatic rings. The van der Waals surface area contributed by atoms with E-state index in [2.05, 4.69) is 15.5 Å². The number of H-pyrrole nitrogens is 1. The molecule has 0 aliphatic carbocycles. The lowest BCUT2D eigenvalue weighted by molar-refractivity contribution is -0.384. The molecular weight excluding hydrogens is 424 g/mol. The molecular formula is C24H20N4O5. The van der Waals surface area contributed by atoms with Crippen LogP contribution in [0.25, 0.3) is 11.3 Å². The molecule has 1 heterocycles. The Morgan fingerprint density at radius 3 is 2.48 bits per heavy atom. The van der Waals surface area contributed by atoms with E-state index in [4.69, 9.17) is 9.47 Å². The van der Waals surface area contributed by atoms with Crippen LogP contribution >= 0.6 is 0 Å². The smallest absolute Gasteiger partial charge is 0.275 e. The van der Waals surface area contributed by atoms with Gasteiger partial charge in [-0.25, -0.2) is 0 Å². The Morgan fingerprint density at radius 1 is 1.00 bits per heavy atom. The molecule has 9 nitrogen and oxygen atoms in total. The highest BCUT2D eigenvalue weighted by atomic mass is 16.6. The van der Waals surface area contributed by atoms with Crippen LogP contribution in [0.2, 0.25) is 0 Å². The second kappa shape index (κ2) is 9.23. The van der Waals surface area contributed by atoms with Gasteiger partial charge in [0.15, 0.2) is 0 Å². The first-order valence-corrected chi connectivity index (χ1v) is 9.96. The fourth-order valence-corrected chi connectivity index (χ4v) is 3.18. The zero-order valence-corrected chi connectivity index (χ0v) is 17.9. The molecule has 3 aromatic carbocycles. The van der Waals surface area contributed by atoms with Crippen molar-refractivity contribution >= 4 is 17.3 Å². The molecule has 0 spiro atoms. The van der Waals surface area contributed by atoms with Crippen LogP contribution in [0.3, 0.4) is 0 Å². The average molecular weight is 444 g/mol.